The van der Waals surface area contributed by atoms with E-state index in [-0.39, 0.29) is 56.4 Å². The Morgan fingerprint density at radius 3 is 2.17 bits per heavy atom. The number of imidazole rings is 1. The molecule has 2 amide bonds. The molecule has 10 nitrogen and oxygen atoms in total. The SMILES string of the molecule is CC(C)COC(=O)C(c1ccccc1)n1cnc(NC(=O)[C@@H](COCc2ccccc2)NC(=O)C(C)(C)N)c1.Cl.Cl. The van der Waals surface area contributed by atoms with Crippen molar-refractivity contribution < 1.29 is 23.9 Å². The minimum atomic E-state index is -1.20. The van der Waals surface area contributed by atoms with Crippen LogP contribution in [-0.4, -0.2) is 52.1 Å². The Morgan fingerprint density at radius 1 is 0.976 bits per heavy atom. The van der Waals surface area contributed by atoms with Gasteiger partial charge in [-0.1, -0.05) is 74.5 Å². The quantitative estimate of drug-likeness (QED) is 0.251. The number of ether oxygens (including phenoxy) is 2. The minimum absolute atomic E-state index is 0. The molecule has 0 saturated carbocycles. The maximum absolute atomic E-state index is 13.2. The minimum Gasteiger partial charge on any atom is -0.464 e. The van der Waals surface area contributed by atoms with E-state index in [2.05, 4.69) is 15.6 Å². The molecular formula is C29H39Cl2N5O5. The Bertz CT molecular complexity index is 1230. The van der Waals surface area contributed by atoms with Crippen molar-refractivity contribution in [3.05, 3.63) is 84.3 Å². The molecule has 0 saturated heterocycles. The fourth-order valence-electron chi connectivity index (χ4n) is 3.54. The normalized spacial score (nSPS) is 12.3. The summed E-state index contributed by atoms with van der Waals surface area (Å²) in [5.74, 6) is -1.10. The second kappa shape index (κ2) is 16.7. The second-order valence-electron chi connectivity index (χ2n) is 10.3. The first-order valence-corrected chi connectivity index (χ1v) is 12.8. The molecule has 0 aliphatic carbocycles. The van der Waals surface area contributed by atoms with Crippen LogP contribution in [0, 0.1) is 5.92 Å². The van der Waals surface area contributed by atoms with Crippen LogP contribution in [-0.2, 0) is 30.5 Å². The molecule has 0 aliphatic heterocycles. The van der Waals surface area contributed by atoms with E-state index in [0.717, 1.165) is 5.56 Å². The third-order valence-corrected chi connectivity index (χ3v) is 5.65. The van der Waals surface area contributed by atoms with Gasteiger partial charge in [-0.3, -0.25) is 9.59 Å². The molecule has 41 heavy (non-hydrogen) atoms. The zero-order chi connectivity index (χ0) is 28.4. The van der Waals surface area contributed by atoms with Crippen LogP contribution >= 0.6 is 24.8 Å². The molecule has 4 N–H and O–H groups in total. The van der Waals surface area contributed by atoms with Crippen molar-refractivity contribution in [2.45, 2.75) is 51.9 Å². The molecule has 0 radical (unpaired) electrons. The van der Waals surface area contributed by atoms with Crippen LogP contribution < -0.4 is 16.4 Å². The Labute approximate surface area is 253 Å². The third-order valence-electron chi connectivity index (χ3n) is 5.65. The van der Waals surface area contributed by atoms with Gasteiger partial charge >= 0.3 is 5.97 Å². The summed E-state index contributed by atoms with van der Waals surface area (Å²) in [6.07, 6.45) is 3.00. The van der Waals surface area contributed by atoms with Crippen LogP contribution in [0.4, 0.5) is 5.82 Å². The Kier molecular flexibility index (Phi) is 14.5. The number of anilines is 1. The number of nitrogens with two attached hydrogens (primary N) is 1. The number of nitrogens with one attached hydrogen (secondary N) is 2. The fourth-order valence-corrected chi connectivity index (χ4v) is 3.54. The monoisotopic (exact) mass is 607 g/mol. The number of esters is 1. The lowest BCUT2D eigenvalue weighted by Gasteiger charge is -2.23. The van der Waals surface area contributed by atoms with Crippen molar-refractivity contribution in [3.8, 4) is 0 Å². The smallest absolute Gasteiger partial charge is 0.333 e. The number of hydrogen-bond acceptors (Lipinski definition) is 7. The van der Waals surface area contributed by atoms with Gasteiger partial charge in [-0.2, -0.15) is 0 Å². The van der Waals surface area contributed by atoms with Crippen molar-refractivity contribution in [1.29, 1.82) is 0 Å². The van der Waals surface area contributed by atoms with Gasteiger partial charge in [0.15, 0.2) is 11.9 Å². The average Bonchev–Trinajstić information content (AvgIpc) is 3.35. The van der Waals surface area contributed by atoms with Crippen LogP contribution in [0.15, 0.2) is 73.2 Å². The number of aromatic nitrogens is 2. The van der Waals surface area contributed by atoms with Crippen LogP contribution in [0.3, 0.4) is 0 Å². The van der Waals surface area contributed by atoms with Gasteiger partial charge in [-0.15, -0.1) is 24.8 Å². The van der Waals surface area contributed by atoms with Crippen molar-refractivity contribution in [1.82, 2.24) is 14.9 Å². The number of carbonyl (C=O) groups is 3. The molecule has 2 atom stereocenters. The van der Waals surface area contributed by atoms with Crippen LogP contribution in [0.25, 0.3) is 0 Å². The maximum Gasteiger partial charge on any atom is 0.333 e. The van der Waals surface area contributed by atoms with Gasteiger partial charge in [-0.25, -0.2) is 9.78 Å². The summed E-state index contributed by atoms with van der Waals surface area (Å²) < 4.78 is 12.8. The van der Waals surface area contributed by atoms with E-state index in [1.165, 1.54) is 6.33 Å². The maximum atomic E-state index is 13.2. The zero-order valence-corrected chi connectivity index (χ0v) is 25.2. The van der Waals surface area contributed by atoms with E-state index < -0.39 is 35.4 Å². The molecule has 3 rings (SSSR count). The molecule has 0 aliphatic rings. The summed E-state index contributed by atoms with van der Waals surface area (Å²) in [5.41, 5.74) is 6.37. The Hall–Kier alpha value is -3.44. The topological polar surface area (TPSA) is 138 Å². The highest BCUT2D eigenvalue weighted by Crippen LogP contribution is 2.22. The van der Waals surface area contributed by atoms with Crippen LogP contribution in [0.5, 0.6) is 0 Å². The molecule has 0 spiro atoms. The second-order valence-corrected chi connectivity index (χ2v) is 10.3. The van der Waals surface area contributed by atoms with Crippen molar-refractivity contribution >= 4 is 48.4 Å². The lowest BCUT2D eigenvalue weighted by Crippen LogP contribution is -2.56. The van der Waals surface area contributed by atoms with E-state index in [1.54, 1.807) is 24.6 Å². The lowest BCUT2D eigenvalue weighted by atomic mass is 10.1. The van der Waals surface area contributed by atoms with Gasteiger partial charge in [-0.05, 0) is 30.9 Å². The van der Waals surface area contributed by atoms with E-state index >= 15 is 0 Å². The largest absolute Gasteiger partial charge is 0.464 e. The molecular weight excluding hydrogens is 569 g/mol. The molecule has 2 aromatic carbocycles. The van der Waals surface area contributed by atoms with Crippen molar-refractivity contribution in [3.63, 3.8) is 0 Å². The number of rotatable bonds is 13. The predicted molar refractivity (Wildman–Crippen MR) is 162 cm³/mol. The van der Waals surface area contributed by atoms with E-state index in [0.29, 0.717) is 5.56 Å². The van der Waals surface area contributed by atoms with Crippen molar-refractivity contribution in [2.24, 2.45) is 11.7 Å². The molecule has 1 unspecified atom stereocenters. The molecule has 0 bridgehead atoms. The first kappa shape index (κ1) is 35.6. The van der Waals surface area contributed by atoms with Gasteiger partial charge in [0.1, 0.15) is 6.04 Å². The van der Waals surface area contributed by atoms with Gasteiger partial charge < -0.3 is 30.4 Å². The van der Waals surface area contributed by atoms with E-state index in [1.807, 2.05) is 74.5 Å². The van der Waals surface area contributed by atoms with Gasteiger partial charge in [0, 0.05) is 6.20 Å². The summed E-state index contributed by atoms with van der Waals surface area (Å²) >= 11 is 0. The standard InChI is InChI=1S/C29H37N5O5.2ClH/c1-20(2)16-39-27(36)25(22-13-9-6-10-14-22)34-15-24(31-19-34)33-26(35)23(32-28(37)29(3,4)30)18-38-17-21-11-7-5-8-12-21;;/h5-15,19-20,23,25H,16-18,30H2,1-4H3,(H,32,37)(H,33,35);2*1H/t23-,25?;;/m1../s1. The Balaban J connectivity index is 0.00000420. The number of halogens is 2. The highest BCUT2D eigenvalue weighted by Gasteiger charge is 2.29. The molecule has 3 aromatic rings. The molecule has 0 fully saturated rings. The highest BCUT2D eigenvalue weighted by atomic mass is 35.5. The highest BCUT2D eigenvalue weighted by molar-refractivity contribution is 5.98. The van der Waals surface area contributed by atoms with E-state index in [9.17, 15) is 14.4 Å². The summed E-state index contributed by atoms with van der Waals surface area (Å²) in [6, 6.07) is 16.8. The molecule has 1 heterocycles. The number of carbonyl (C=O) groups excluding carboxylic acids is 3. The molecule has 1 aromatic heterocycles. The first-order chi connectivity index (χ1) is 18.5. The van der Waals surface area contributed by atoms with Crippen LogP contribution in [0.1, 0.15) is 44.9 Å². The van der Waals surface area contributed by atoms with Gasteiger partial charge in [0.2, 0.25) is 5.91 Å². The van der Waals surface area contributed by atoms with Gasteiger partial charge in [0.05, 0.1) is 31.7 Å². The number of hydrogen-bond donors (Lipinski definition) is 3. The predicted octanol–water partition coefficient (Wildman–Crippen LogP) is 3.89. The molecule has 12 heteroatoms. The first-order valence-electron chi connectivity index (χ1n) is 12.8. The Morgan fingerprint density at radius 2 is 1.59 bits per heavy atom. The van der Waals surface area contributed by atoms with E-state index in [4.69, 9.17) is 15.2 Å². The average molecular weight is 609 g/mol. The lowest BCUT2D eigenvalue weighted by molar-refractivity contribution is -0.147. The summed E-state index contributed by atoms with van der Waals surface area (Å²) in [7, 11) is 0. The van der Waals surface area contributed by atoms with Crippen molar-refractivity contribution in [2.75, 3.05) is 18.5 Å². The molecule has 224 valence electrons. The van der Waals surface area contributed by atoms with Gasteiger partial charge in [0.25, 0.3) is 5.91 Å². The summed E-state index contributed by atoms with van der Waals surface area (Å²) in [4.78, 5) is 43.0. The third kappa shape index (κ3) is 11.2. The fraction of sp³-hybridized carbons (Fsp3) is 0.379. The number of benzene rings is 2. The summed E-state index contributed by atoms with van der Waals surface area (Å²) in [5, 5.41) is 5.36. The zero-order valence-electron chi connectivity index (χ0n) is 23.6. The van der Waals surface area contributed by atoms with Crippen LogP contribution in [0.2, 0.25) is 0 Å². The number of nitrogens with zero attached hydrogens (tertiary/aromatic N) is 2. The summed E-state index contributed by atoms with van der Waals surface area (Å²) in [6.45, 7) is 7.47. The number of amides is 2.